The Morgan fingerprint density at radius 1 is 1.08 bits per heavy atom. The van der Waals surface area contributed by atoms with Crippen molar-refractivity contribution in [1.82, 2.24) is 15.5 Å². The number of hydrogen-bond acceptors (Lipinski definition) is 6. The van der Waals surface area contributed by atoms with Crippen LogP contribution in [0.5, 0.6) is 5.75 Å². The largest absolute Gasteiger partial charge is 0.496 e. The first-order valence-electron chi connectivity index (χ1n) is 14.3. The highest BCUT2D eigenvalue weighted by Gasteiger charge is 2.41. The van der Waals surface area contributed by atoms with Gasteiger partial charge in [0.05, 0.1) is 33.0 Å². The summed E-state index contributed by atoms with van der Waals surface area (Å²) in [5, 5.41) is 7.28. The second kappa shape index (κ2) is 12.6. The first kappa shape index (κ1) is 27.8. The molecule has 210 valence electrons. The molecule has 3 aliphatic rings. The quantitative estimate of drug-likeness (QED) is 0.429. The van der Waals surface area contributed by atoms with E-state index in [1.54, 1.807) is 14.2 Å². The van der Waals surface area contributed by atoms with Crippen LogP contribution in [0, 0.1) is 12.8 Å². The van der Waals surface area contributed by atoms with Crippen LogP contribution in [-0.2, 0) is 27.4 Å². The van der Waals surface area contributed by atoms with E-state index in [2.05, 4.69) is 59.7 Å². The average Bonchev–Trinajstić information content (AvgIpc) is 3.78. The first-order chi connectivity index (χ1) is 19.0. The SMILES string of the molecule is COC[C@H](C)COCc1ccc(C2=C(C(=O)N(Cc3cccc(OC)c3C)C3CC3)C3CNCC(C2)N3)cc1. The normalized spacial score (nSPS) is 21.5. The van der Waals surface area contributed by atoms with E-state index in [0.717, 1.165) is 65.9 Å². The third-order valence-corrected chi connectivity index (χ3v) is 8.16. The number of rotatable bonds is 12. The Kier molecular flexibility index (Phi) is 9.03. The van der Waals surface area contributed by atoms with Crippen LogP contribution in [0.25, 0.3) is 5.57 Å². The van der Waals surface area contributed by atoms with Crippen molar-refractivity contribution in [1.29, 1.82) is 0 Å². The topological polar surface area (TPSA) is 72.1 Å². The zero-order valence-corrected chi connectivity index (χ0v) is 23.8. The van der Waals surface area contributed by atoms with Crippen LogP contribution >= 0.6 is 0 Å². The Bertz CT molecular complexity index is 1170. The van der Waals surface area contributed by atoms with Gasteiger partial charge in [-0.25, -0.2) is 0 Å². The number of nitrogens with zero attached hydrogens (tertiary/aromatic N) is 1. The summed E-state index contributed by atoms with van der Waals surface area (Å²) in [6.07, 6.45) is 2.97. The number of carbonyl (C=O) groups is 1. The molecule has 7 nitrogen and oxygen atoms in total. The molecule has 0 spiro atoms. The minimum absolute atomic E-state index is 0.0120. The predicted octanol–water partition coefficient (Wildman–Crippen LogP) is 4.08. The summed E-state index contributed by atoms with van der Waals surface area (Å²) < 4.78 is 16.7. The number of piperazine rings is 1. The lowest BCUT2D eigenvalue weighted by molar-refractivity contribution is -0.128. The molecule has 2 unspecified atom stereocenters. The molecule has 2 heterocycles. The lowest BCUT2D eigenvalue weighted by Gasteiger charge is -2.41. The second-order valence-corrected chi connectivity index (χ2v) is 11.4. The Labute approximate surface area is 232 Å². The number of amides is 1. The van der Waals surface area contributed by atoms with Gasteiger partial charge < -0.3 is 29.7 Å². The van der Waals surface area contributed by atoms with Gasteiger partial charge in [-0.05, 0) is 60.1 Å². The van der Waals surface area contributed by atoms with Gasteiger partial charge in [-0.2, -0.15) is 0 Å². The molecular formula is C32H43N3O4. The minimum Gasteiger partial charge on any atom is -0.496 e. The zero-order chi connectivity index (χ0) is 27.4. The number of methoxy groups -OCH3 is 2. The fourth-order valence-corrected chi connectivity index (χ4v) is 5.90. The van der Waals surface area contributed by atoms with Gasteiger partial charge in [0.15, 0.2) is 0 Å². The lowest BCUT2D eigenvalue weighted by Crippen LogP contribution is -2.60. The zero-order valence-electron chi connectivity index (χ0n) is 23.8. The van der Waals surface area contributed by atoms with Crippen LogP contribution in [0.4, 0.5) is 0 Å². The van der Waals surface area contributed by atoms with Gasteiger partial charge in [0.1, 0.15) is 5.75 Å². The molecule has 5 rings (SSSR count). The molecule has 1 saturated carbocycles. The number of benzene rings is 2. The smallest absolute Gasteiger partial charge is 0.252 e. The molecule has 2 aromatic rings. The highest BCUT2D eigenvalue weighted by atomic mass is 16.5. The average molecular weight is 534 g/mol. The van der Waals surface area contributed by atoms with E-state index in [4.69, 9.17) is 14.2 Å². The predicted molar refractivity (Wildman–Crippen MR) is 154 cm³/mol. The van der Waals surface area contributed by atoms with Crippen molar-refractivity contribution in [3.63, 3.8) is 0 Å². The van der Waals surface area contributed by atoms with Crippen molar-refractivity contribution >= 4 is 11.5 Å². The monoisotopic (exact) mass is 533 g/mol. The molecule has 0 aromatic heterocycles. The van der Waals surface area contributed by atoms with E-state index < -0.39 is 0 Å². The summed E-state index contributed by atoms with van der Waals surface area (Å²) in [5.74, 6) is 1.39. The minimum atomic E-state index is 0.0120. The van der Waals surface area contributed by atoms with Gasteiger partial charge >= 0.3 is 0 Å². The molecule has 7 heteroatoms. The summed E-state index contributed by atoms with van der Waals surface area (Å²) in [4.78, 5) is 16.5. The molecule has 0 radical (unpaired) electrons. The molecule has 1 saturated heterocycles. The van der Waals surface area contributed by atoms with Crippen LogP contribution in [-0.4, -0.2) is 69.5 Å². The van der Waals surface area contributed by atoms with Crippen LogP contribution in [0.3, 0.4) is 0 Å². The third kappa shape index (κ3) is 6.55. The number of nitrogens with one attached hydrogen (secondary N) is 2. The van der Waals surface area contributed by atoms with Crippen molar-refractivity contribution in [3.05, 3.63) is 70.3 Å². The molecule has 2 aliphatic heterocycles. The van der Waals surface area contributed by atoms with E-state index in [1.165, 1.54) is 5.57 Å². The second-order valence-electron chi connectivity index (χ2n) is 11.4. The summed E-state index contributed by atoms with van der Waals surface area (Å²) >= 11 is 0. The van der Waals surface area contributed by atoms with Crippen LogP contribution in [0.1, 0.15) is 48.4 Å². The van der Waals surface area contributed by atoms with E-state index >= 15 is 0 Å². The number of hydrogen-bond donors (Lipinski definition) is 2. The molecule has 2 aromatic carbocycles. The molecule has 3 atom stereocenters. The van der Waals surface area contributed by atoms with Crippen molar-refractivity contribution in [2.24, 2.45) is 5.92 Å². The van der Waals surface area contributed by atoms with Gasteiger partial charge in [-0.3, -0.25) is 4.79 Å². The highest BCUT2D eigenvalue weighted by molar-refractivity contribution is 6.03. The molecule has 1 aliphatic carbocycles. The van der Waals surface area contributed by atoms with E-state index in [0.29, 0.717) is 44.4 Å². The number of fused-ring (bicyclic) bond motifs is 2. The van der Waals surface area contributed by atoms with Gasteiger partial charge in [0.25, 0.3) is 5.91 Å². The molecule has 39 heavy (non-hydrogen) atoms. The Balaban J connectivity index is 1.40. The first-order valence-corrected chi connectivity index (χ1v) is 14.3. The van der Waals surface area contributed by atoms with E-state index in [1.807, 2.05) is 12.1 Å². The maximum atomic E-state index is 14.4. The Hall–Kier alpha value is -2.71. The maximum Gasteiger partial charge on any atom is 0.252 e. The highest BCUT2D eigenvalue weighted by Crippen LogP contribution is 2.37. The fraction of sp³-hybridized carbons (Fsp3) is 0.531. The maximum absolute atomic E-state index is 14.4. The van der Waals surface area contributed by atoms with Gasteiger partial charge in [0, 0.05) is 50.3 Å². The van der Waals surface area contributed by atoms with Gasteiger partial charge in [-0.1, -0.05) is 43.3 Å². The lowest BCUT2D eigenvalue weighted by atomic mass is 9.83. The van der Waals surface area contributed by atoms with Gasteiger partial charge in [0.2, 0.25) is 0 Å². The molecule has 2 fully saturated rings. The fourth-order valence-electron chi connectivity index (χ4n) is 5.90. The molecule has 1 amide bonds. The van der Waals surface area contributed by atoms with Crippen LogP contribution < -0.4 is 15.4 Å². The van der Waals surface area contributed by atoms with Crippen molar-refractivity contribution in [3.8, 4) is 5.75 Å². The Morgan fingerprint density at radius 3 is 2.59 bits per heavy atom. The van der Waals surface area contributed by atoms with E-state index in [9.17, 15) is 4.79 Å². The van der Waals surface area contributed by atoms with Crippen molar-refractivity contribution in [2.75, 3.05) is 40.5 Å². The Morgan fingerprint density at radius 2 is 1.87 bits per heavy atom. The summed E-state index contributed by atoms with van der Waals surface area (Å²) in [7, 11) is 3.42. The molecule has 2 N–H and O–H groups in total. The summed E-state index contributed by atoms with van der Waals surface area (Å²) in [6.45, 7) is 8.44. The van der Waals surface area contributed by atoms with E-state index in [-0.39, 0.29) is 11.9 Å². The van der Waals surface area contributed by atoms with Crippen molar-refractivity contribution in [2.45, 2.75) is 64.4 Å². The van der Waals surface area contributed by atoms with Crippen molar-refractivity contribution < 1.29 is 19.0 Å². The number of ether oxygens (including phenoxy) is 3. The van der Waals surface area contributed by atoms with Crippen LogP contribution in [0.2, 0.25) is 0 Å². The standard InChI is InChI=1S/C32H43N3O4/c1-21(18-37-3)19-39-20-23-8-10-24(11-9-23)28-14-26-15-33-16-29(34-26)31(28)32(36)35(27-12-13-27)17-25-6-5-7-30(38-4)22(25)2/h5-11,21,26-27,29,33-34H,12-20H2,1-4H3/t21-,26?,29?/m0/s1. The van der Waals surface area contributed by atoms with Crippen LogP contribution in [0.15, 0.2) is 48.0 Å². The summed E-state index contributed by atoms with van der Waals surface area (Å²) in [5.41, 5.74) is 6.63. The van der Waals surface area contributed by atoms with Gasteiger partial charge in [-0.15, -0.1) is 0 Å². The summed E-state index contributed by atoms with van der Waals surface area (Å²) in [6, 6.07) is 15.4. The molecule has 2 bridgehead atoms. The number of carbonyl (C=O) groups excluding carboxylic acids is 1. The molecular weight excluding hydrogens is 490 g/mol. The third-order valence-electron chi connectivity index (χ3n) is 8.16.